The first-order valence-electron chi connectivity index (χ1n) is 11.2. The molecule has 1 amide bonds. The quantitative estimate of drug-likeness (QED) is 0.238. The number of anilines is 3. The van der Waals surface area contributed by atoms with Crippen molar-refractivity contribution in [1.82, 2.24) is 24.9 Å². The minimum atomic E-state index is -4.70. The summed E-state index contributed by atoms with van der Waals surface area (Å²) in [6.45, 7) is 1.76. The van der Waals surface area contributed by atoms with E-state index in [0.717, 1.165) is 17.5 Å². The number of carbonyl (C=O) groups excluding carboxylic acids is 2. The van der Waals surface area contributed by atoms with Crippen LogP contribution in [0.25, 0.3) is 0 Å². The number of methoxy groups -OCH3 is 1. The summed E-state index contributed by atoms with van der Waals surface area (Å²) >= 11 is 6.58. The van der Waals surface area contributed by atoms with Crippen molar-refractivity contribution in [2.75, 3.05) is 17.7 Å². The molecule has 0 spiro atoms. The van der Waals surface area contributed by atoms with Crippen LogP contribution in [0.3, 0.4) is 0 Å². The van der Waals surface area contributed by atoms with Crippen LogP contribution in [0.5, 0.6) is 5.88 Å². The second kappa shape index (κ2) is 11.7. The molecule has 0 aliphatic carbocycles. The number of Topliss-reactive ketones (excluding diaryl/α,β-unsaturated/α-hetero) is 1. The Hall–Kier alpha value is -4.17. The number of nitrogens with one attached hydrogen (secondary N) is 2. The second-order valence-corrected chi connectivity index (χ2v) is 9.54. The number of rotatable bonds is 9. The summed E-state index contributed by atoms with van der Waals surface area (Å²) in [5, 5.41) is 5.25. The van der Waals surface area contributed by atoms with Crippen LogP contribution < -0.4 is 15.4 Å². The van der Waals surface area contributed by atoms with E-state index in [1.807, 2.05) is 0 Å². The van der Waals surface area contributed by atoms with Crippen LogP contribution in [-0.2, 0) is 6.18 Å². The number of alkyl halides is 3. The van der Waals surface area contributed by atoms with Crippen LogP contribution in [0, 0.1) is 0 Å². The molecule has 2 N–H and O–H groups in total. The van der Waals surface area contributed by atoms with Crippen molar-refractivity contribution in [2.24, 2.45) is 0 Å². The highest BCUT2D eigenvalue weighted by atomic mass is 35.5. The van der Waals surface area contributed by atoms with Crippen molar-refractivity contribution in [3.8, 4) is 5.88 Å². The Morgan fingerprint density at radius 3 is 2.64 bits per heavy atom. The fraction of sp³-hybridized carbons (Fsp3) is 0.208. The molecule has 0 fully saturated rings. The average molecular weight is 578 g/mol. The molecule has 0 aliphatic heterocycles. The summed E-state index contributed by atoms with van der Waals surface area (Å²) in [6, 6.07) is 5.61. The molecular formula is C24H19ClF3N7O3S. The smallest absolute Gasteiger partial charge is 0.418 e. The maximum atomic E-state index is 13.1. The van der Waals surface area contributed by atoms with Gasteiger partial charge in [-0.1, -0.05) is 18.5 Å². The molecule has 1 unspecified atom stereocenters. The molecule has 4 rings (SSSR count). The summed E-state index contributed by atoms with van der Waals surface area (Å²) in [5.41, 5.74) is -0.386. The van der Waals surface area contributed by atoms with Gasteiger partial charge in [-0.15, -0.1) is 11.3 Å². The third-order valence-corrected chi connectivity index (χ3v) is 6.77. The van der Waals surface area contributed by atoms with Gasteiger partial charge in [0.15, 0.2) is 5.78 Å². The number of amides is 1. The first-order chi connectivity index (χ1) is 18.5. The maximum Gasteiger partial charge on any atom is 0.418 e. The molecule has 4 heterocycles. The van der Waals surface area contributed by atoms with Gasteiger partial charge in [0.25, 0.3) is 5.91 Å². The van der Waals surface area contributed by atoms with Crippen molar-refractivity contribution >= 4 is 52.0 Å². The predicted molar refractivity (Wildman–Crippen MR) is 138 cm³/mol. The lowest BCUT2D eigenvalue weighted by Crippen LogP contribution is -2.13. The lowest BCUT2D eigenvalue weighted by atomic mass is 10.0. The van der Waals surface area contributed by atoms with E-state index in [1.54, 1.807) is 25.3 Å². The first kappa shape index (κ1) is 27.9. The van der Waals surface area contributed by atoms with Gasteiger partial charge >= 0.3 is 6.18 Å². The highest BCUT2D eigenvalue weighted by molar-refractivity contribution is 7.13. The van der Waals surface area contributed by atoms with Crippen molar-refractivity contribution in [2.45, 2.75) is 25.4 Å². The van der Waals surface area contributed by atoms with Gasteiger partial charge in [-0.05, 0) is 18.2 Å². The minimum absolute atomic E-state index is 0.0366. The molecule has 0 aromatic carbocycles. The fourth-order valence-corrected chi connectivity index (χ4v) is 4.43. The number of ketones is 1. The summed E-state index contributed by atoms with van der Waals surface area (Å²) in [6.07, 6.45) is 0.258. The molecule has 202 valence electrons. The lowest BCUT2D eigenvalue weighted by Gasteiger charge is -2.11. The molecule has 0 saturated heterocycles. The summed E-state index contributed by atoms with van der Waals surface area (Å²) in [5.74, 6) is -0.944. The molecule has 0 bridgehead atoms. The summed E-state index contributed by atoms with van der Waals surface area (Å²) in [4.78, 5) is 45.8. The van der Waals surface area contributed by atoms with Crippen LogP contribution >= 0.6 is 22.9 Å². The lowest BCUT2D eigenvalue weighted by molar-refractivity contribution is -0.137. The molecule has 0 aliphatic rings. The Morgan fingerprint density at radius 2 is 1.90 bits per heavy atom. The van der Waals surface area contributed by atoms with Gasteiger partial charge < -0.3 is 15.4 Å². The SMILES string of the molecule is COc1ncccc1Nc1cc(C(=O)CC(C)c2ncc(C(=O)Nc3cc(C(F)(F)F)c(Cl)cn3)s2)ncn1. The Balaban J connectivity index is 1.41. The molecule has 15 heteroatoms. The molecule has 39 heavy (non-hydrogen) atoms. The van der Waals surface area contributed by atoms with Crippen LogP contribution in [0.1, 0.15) is 50.0 Å². The summed E-state index contributed by atoms with van der Waals surface area (Å²) < 4.78 is 44.4. The number of aromatic nitrogens is 5. The summed E-state index contributed by atoms with van der Waals surface area (Å²) in [7, 11) is 1.48. The zero-order valence-corrected chi connectivity index (χ0v) is 21.9. The number of halogens is 4. The van der Waals surface area contributed by atoms with Gasteiger partial charge in [0.05, 0.1) is 28.9 Å². The van der Waals surface area contributed by atoms with E-state index >= 15 is 0 Å². The van der Waals surface area contributed by atoms with Gasteiger partial charge in [0.2, 0.25) is 5.88 Å². The fourth-order valence-electron chi connectivity index (χ4n) is 3.36. The number of ether oxygens (including phenoxy) is 1. The topological polar surface area (TPSA) is 132 Å². The van der Waals surface area contributed by atoms with E-state index < -0.39 is 22.7 Å². The van der Waals surface area contributed by atoms with E-state index in [-0.39, 0.29) is 34.5 Å². The van der Waals surface area contributed by atoms with Crippen LogP contribution in [-0.4, -0.2) is 43.7 Å². The molecule has 0 saturated carbocycles. The van der Waals surface area contributed by atoms with E-state index in [1.165, 1.54) is 25.7 Å². The van der Waals surface area contributed by atoms with Crippen molar-refractivity contribution in [1.29, 1.82) is 0 Å². The number of hydrogen-bond donors (Lipinski definition) is 2. The molecule has 10 nitrogen and oxygen atoms in total. The van der Waals surface area contributed by atoms with E-state index in [2.05, 4.69) is 35.6 Å². The van der Waals surface area contributed by atoms with Crippen molar-refractivity contribution < 1.29 is 27.5 Å². The Labute approximate surface area is 228 Å². The molecule has 4 aromatic heterocycles. The van der Waals surface area contributed by atoms with Gasteiger partial charge in [0, 0.05) is 30.8 Å². The number of thiazole rings is 1. The van der Waals surface area contributed by atoms with Gasteiger partial charge in [-0.2, -0.15) is 13.2 Å². The van der Waals surface area contributed by atoms with Crippen molar-refractivity contribution in [3.05, 3.63) is 75.3 Å². The van der Waals surface area contributed by atoms with Gasteiger partial charge in [-0.25, -0.2) is 24.9 Å². The van der Waals surface area contributed by atoms with Gasteiger partial charge in [-0.3, -0.25) is 9.59 Å². The van der Waals surface area contributed by atoms with Gasteiger partial charge in [0.1, 0.15) is 34.2 Å². The van der Waals surface area contributed by atoms with Crippen LogP contribution in [0.2, 0.25) is 5.02 Å². The Morgan fingerprint density at radius 1 is 1.10 bits per heavy atom. The molecule has 0 radical (unpaired) electrons. The first-order valence-corrected chi connectivity index (χ1v) is 12.4. The molecular weight excluding hydrogens is 559 g/mol. The normalized spacial score (nSPS) is 12.1. The maximum absolute atomic E-state index is 13.1. The Kier molecular flexibility index (Phi) is 8.35. The zero-order chi connectivity index (χ0) is 28.2. The zero-order valence-electron chi connectivity index (χ0n) is 20.3. The van der Waals surface area contributed by atoms with E-state index in [0.29, 0.717) is 28.5 Å². The molecule has 4 aromatic rings. The third-order valence-electron chi connectivity index (χ3n) is 5.24. The highest BCUT2D eigenvalue weighted by Gasteiger charge is 2.34. The van der Waals surface area contributed by atoms with Crippen LogP contribution in [0.15, 0.2) is 49.2 Å². The van der Waals surface area contributed by atoms with E-state index in [4.69, 9.17) is 16.3 Å². The number of pyridine rings is 2. The van der Waals surface area contributed by atoms with E-state index in [9.17, 15) is 22.8 Å². The largest absolute Gasteiger partial charge is 0.480 e. The molecule has 1 atom stereocenters. The Bertz CT molecular complexity index is 1520. The predicted octanol–water partition coefficient (Wildman–Crippen LogP) is 5.78. The second-order valence-electron chi connectivity index (χ2n) is 8.07. The third kappa shape index (κ3) is 6.83. The standard InChI is InChI=1S/C24H19ClF3N7O3S/c1-12(6-17(36)16-8-20(33-11-32-16)34-15-4-3-5-29-22(15)38-2)23-31-10-18(39-23)21(37)35-19-7-13(24(26,27)28)14(25)9-30-19/h3-5,7-12H,6H2,1-2H3,(H,30,35,37)(H,32,33,34). The van der Waals surface area contributed by atoms with Crippen LogP contribution in [0.4, 0.5) is 30.5 Å². The number of hydrogen-bond acceptors (Lipinski definition) is 10. The highest BCUT2D eigenvalue weighted by Crippen LogP contribution is 2.35. The average Bonchev–Trinajstić information content (AvgIpc) is 3.40. The monoisotopic (exact) mass is 577 g/mol. The van der Waals surface area contributed by atoms with Crippen molar-refractivity contribution in [3.63, 3.8) is 0 Å². The number of nitrogens with zero attached hydrogens (tertiary/aromatic N) is 5. The minimum Gasteiger partial charge on any atom is -0.480 e. The number of carbonyl (C=O) groups is 2.